The maximum Gasteiger partial charge on any atom is 0.445 e. The number of aromatic nitrogens is 2. The van der Waals surface area contributed by atoms with Gasteiger partial charge in [-0.05, 0) is 12.8 Å². The molecule has 0 spiro atoms. The van der Waals surface area contributed by atoms with Crippen LogP contribution in [0.1, 0.15) is 32.1 Å². The third-order valence-electron chi connectivity index (χ3n) is 3.09. The first-order valence-corrected chi connectivity index (χ1v) is 5.50. The van der Waals surface area contributed by atoms with Crippen molar-refractivity contribution in [1.82, 2.24) is 14.7 Å². The molecule has 0 saturated heterocycles. The molecule has 0 aromatic carbocycles. The third kappa shape index (κ3) is 2.00. The molecule has 2 rings (SSSR count). The molecular formula is C10H15N3O3. The Hall–Kier alpha value is -1.59. The van der Waals surface area contributed by atoms with Crippen molar-refractivity contribution >= 4 is 6.03 Å². The van der Waals surface area contributed by atoms with Crippen LogP contribution in [0.5, 0.6) is 0 Å². The zero-order chi connectivity index (χ0) is 11.5. The minimum absolute atomic E-state index is 0.213. The van der Waals surface area contributed by atoms with Crippen LogP contribution in [0.4, 0.5) is 4.79 Å². The average molecular weight is 225 g/mol. The van der Waals surface area contributed by atoms with Gasteiger partial charge in [0.25, 0.3) is 0 Å². The Bertz CT molecular complexity index is 417. The third-order valence-corrected chi connectivity index (χ3v) is 3.09. The number of carbonyl (C=O) groups excluding carboxylic acids is 1. The summed E-state index contributed by atoms with van der Waals surface area (Å²) in [5.41, 5.74) is 0. The summed E-state index contributed by atoms with van der Waals surface area (Å²) in [6, 6.07) is -0.199. The zero-order valence-electron chi connectivity index (χ0n) is 9.26. The Morgan fingerprint density at radius 1 is 1.50 bits per heavy atom. The molecule has 0 unspecified atom stereocenters. The SMILES string of the molecule is CN(C(=O)n1ncoc1=O)C1CCCCC1. The lowest BCUT2D eigenvalue weighted by molar-refractivity contribution is 0.170. The average Bonchev–Trinajstić information content (AvgIpc) is 2.75. The number of carbonyl (C=O) groups is 1. The molecule has 0 radical (unpaired) electrons. The van der Waals surface area contributed by atoms with Crippen LogP contribution >= 0.6 is 0 Å². The largest absolute Gasteiger partial charge is 0.445 e. The molecule has 0 N–H and O–H groups in total. The topological polar surface area (TPSA) is 68.3 Å². The van der Waals surface area contributed by atoms with E-state index in [1.54, 1.807) is 11.9 Å². The van der Waals surface area contributed by atoms with Crippen molar-refractivity contribution in [3.8, 4) is 0 Å². The number of rotatable bonds is 1. The highest BCUT2D eigenvalue weighted by Crippen LogP contribution is 2.21. The number of amides is 1. The first-order valence-electron chi connectivity index (χ1n) is 5.50. The minimum atomic E-state index is -0.729. The molecule has 1 aliphatic rings. The summed E-state index contributed by atoms with van der Waals surface area (Å²) in [6.45, 7) is 0. The molecular weight excluding hydrogens is 210 g/mol. The minimum Gasteiger partial charge on any atom is -0.395 e. The molecule has 0 atom stereocenters. The van der Waals surface area contributed by atoms with Gasteiger partial charge in [-0.1, -0.05) is 19.3 Å². The van der Waals surface area contributed by atoms with Crippen molar-refractivity contribution in [3.63, 3.8) is 0 Å². The van der Waals surface area contributed by atoms with Crippen LogP contribution in [0, 0.1) is 0 Å². The highest BCUT2D eigenvalue weighted by molar-refractivity contribution is 5.75. The molecule has 0 bridgehead atoms. The highest BCUT2D eigenvalue weighted by atomic mass is 16.4. The maximum atomic E-state index is 11.9. The maximum absolute atomic E-state index is 11.9. The normalized spacial score (nSPS) is 17.3. The number of hydrogen-bond donors (Lipinski definition) is 0. The Labute approximate surface area is 92.8 Å². The quantitative estimate of drug-likeness (QED) is 0.716. The number of nitrogens with zero attached hydrogens (tertiary/aromatic N) is 3. The van der Waals surface area contributed by atoms with Crippen molar-refractivity contribution in [1.29, 1.82) is 0 Å². The van der Waals surface area contributed by atoms with Gasteiger partial charge >= 0.3 is 11.8 Å². The molecule has 0 aliphatic heterocycles. The van der Waals surface area contributed by atoms with Gasteiger partial charge in [0.1, 0.15) is 0 Å². The molecule has 6 nitrogen and oxygen atoms in total. The van der Waals surface area contributed by atoms with Crippen LogP contribution in [0.3, 0.4) is 0 Å². The van der Waals surface area contributed by atoms with E-state index in [0.717, 1.165) is 36.8 Å². The Morgan fingerprint density at radius 2 is 2.19 bits per heavy atom. The molecule has 1 amide bonds. The van der Waals surface area contributed by atoms with Crippen molar-refractivity contribution in [2.24, 2.45) is 0 Å². The van der Waals surface area contributed by atoms with E-state index in [1.165, 1.54) is 6.42 Å². The van der Waals surface area contributed by atoms with E-state index in [1.807, 2.05) is 0 Å². The summed E-state index contributed by atoms with van der Waals surface area (Å²) in [5, 5.41) is 3.58. The molecule has 16 heavy (non-hydrogen) atoms. The summed E-state index contributed by atoms with van der Waals surface area (Å²) in [5.74, 6) is -0.729. The zero-order valence-corrected chi connectivity index (χ0v) is 9.26. The first kappa shape index (κ1) is 10.9. The molecule has 1 saturated carbocycles. The van der Waals surface area contributed by atoms with Crippen molar-refractivity contribution in [2.45, 2.75) is 38.1 Å². The van der Waals surface area contributed by atoms with E-state index in [4.69, 9.17) is 0 Å². The van der Waals surface area contributed by atoms with Crippen molar-refractivity contribution in [2.75, 3.05) is 7.05 Å². The molecule has 6 heteroatoms. The summed E-state index contributed by atoms with van der Waals surface area (Å²) in [6.07, 6.45) is 6.47. The van der Waals surface area contributed by atoms with Gasteiger partial charge in [-0.25, -0.2) is 9.59 Å². The van der Waals surface area contributed by atoms with Gasteiger partial charge in [-0.2, -0.15) is 0 Å². The Kier molecular flexibility index (Phi) is 3.07. The van der Waals surface area contributed by atoms with E-state index in [2.05, 4.69) is 9.52 Å². The van der Waals surface area contributed by atoms with Gasteiger partial charge in [0.2, 0.25) is 6.39 Å². The summed E-state index contributed by atoms with van der Waals surface area (Å²) >= 11 is 0. The van der Waals surface area contributed by atoms with Crippen LogP contribution in [0.15, 0.2) is 15.6 Å². The Morgan fingerprint density at radius 3 is 2.75 bits per heavy atom. The van der Waals surface area contributed by atoms with Crippen molar-refractivity contribution < 1.29 is 9.21 Å². The van der Waals surface area contributed by atoms with E-state index < -0.39 is 11.8 Å². The highest BCUT2D eigenvalue weighted by Gasteiger charge is 2.24. The van der Waals surface area contributed by atoms with Gasteiger partial charge < -0.3 is 9.32 Å². The van der Waals surface area contributed by atoms with Crippen molar-refractivity contribution in [3.05, 3.63) is 16.9 Å². The van der Waals surface area contributed by atoms with Crippen LogP contribution < -0.4 is 5.76 Å². The molecule has 1 heterocycles. The van der Waals surface area contributed by atoms with E-state index in [9.17, 15) is 9.59 Å². The summed E-state index contributed by atoms with van der Waals surface area (Å²) in [7, 11) is 1.71. The fraction of sp³-hybridized carbons (Fsp3) is 0.700. The number of hydrogen-bond acceptors (Lipinski definition) is 4. The second-order valence-corrected chi connectivity index (χ2v) is 4.10. The van der Waals surface area contributed by atoms with Gasteiger partial charge in [0.15, 0.2) is 0 Å². The standard InChI is InChI=1S/C10H15N3O3/c1-12(8-5-3-2-4-6-8)9(14)13-10(15)16-7-11-13/h7-8H,2-6H2,1H3. The molecule has 1 aromatic heterocycles. The fourth-order valence-electron chi connectivity index (χ4n) is 2.11. The molecule has 1 aliphatic carbocycles. The Balaban J connectivity index is 2.09. The smallest absolute Gasteiger partial charge is 0.395 e. The van der Waals surface area contributed by atoms with Crippen LogP contribution in [-0.4, -0.2) is 33.8 Å². The van der Waals surface area contributed by atoms with Crippen LogP contribution in [-0.2, 0) is 0 Å². The van der Waals surface area contributed by atoms with Gasteiger partial charge in [-0.15, -0.1) is 9.78 Å². The lowest BCUT2D eigenvalue weighted by Gasteiger charge is -2.30. The molecule has 88 valence electrons. The monoisotopic (exact) mass is 225 g/mol. The fourth-order valence-corrected chi connectivity index (χ4v) is 2.11. The van der Waals surface area contributed by atoms with E-state index in [0.29, 0.717) is 0 Å². The second-order valence-electron chi connectivity index (χ2n) is 4.10. The lowest BCUT2D eigenvalue weighted by Crippen LogP contribution is -2.43. The summed E-state index contributed by atoms with van der Waals surface area (Å²) in [4.78, 5) is 24.6. The molecule has 1 aromatic rings. The lowest BCUT2D eigenvalue weighted by atomic mass is 9.95. The summed E-state index contributed by atoms with van der Waals surface area (Å²) < 4.78 is 5.23. The van der Waals surface area contributed by atoms with E-state index in [-0.39, 0.29) is 6.04 Å². The second kappa shape index (κ2) is 4.51. The van der Waals surface area contributed by atoms with Gasteiger partial charge in [0, 0.05) is 13.1 Å². The van der Waals surface area contributed by atoms with Gasteiger partial charge in [-0.3, -0.25) is 0 Å². The predicted octanol–water partition coefficient (Wildman–Crippen LogP) is 1.07. The van der Waals surface area contributed by atoms with E-state index >= 15 is 0 Å². The van der Waals surface area contributed by atoms with Gasteiger partial charge in [0.05, 0.1) is 0 Å². The first-order chi connectivity index (χ1) is 7.70. The van der Waals surface area contributed by atoms with Crippen LogP contribution in [0.2, 0.25) is 0 Å². The van der Waals surface area contributed by atoms with Crippen LogP contribution in [0.25, 0.3) is 0 Å². The molecule has 1 fully saturated rings. The predicted molar refractivity (Wildman–Crippen MR) is 56.2 cm³/mol.